The highest BCUT2D eigenvalue weighted by Gasteiger charge is 1.94. The molecule has 1 rings (SSSR count). The van der Waals surface area contributed by atoms with Gasteiger partial charge in [-0.15, -0.1) is 0 Å². The van der Waals surface area contributed by atoms with E-state index in [0.717, 1.165) is 0 Å². The van der Waals surface area contributed by atoms with E-state index in [1.165, 1.54) is 4.43 Å². The predicted octanol–water partition coefficient (Wildman–Crippen LogP) is -1.28. The average molecular weight is 219 g/mol. The van der Waals surface area contributed by atoms with Crippen molar-refractivity contribution in [2.75, 3.05) is 4.43 Å². The maximum Gasteiger partial charge on any atom is 0.309 e. The molecule has 0 saturated carbocycles. The zero-order valence-corrected chi connectivity index (χ0v) is 6.71. The summed E-state index contributed by atoms with van der Waals surface area (Å²) in [5.74, 6) is 0. The van der Waals surface area contributed by atoms with Gasteiger partial charge in [0.2, 0.25) is 0 Å². The van der Waals surface area contributed by atoms with Crippen molar-refractivity contribution in [2.45, 2.75) is 0 Å². The first-order chi connectivity index (χ1) is 4.00. The Morgan fingerprint density at radius 3 is 2.88 bits per heavy atom. The van der Waals surface area contributed by atoms with Crippen molar-refractivity contribution < 1.29 is 21.2 Å². The molecule has 0 unspecified atom stereocenters. The zero-order chi connectivity index (χ0) is 5.66. The minimum atomic E-state index is 0.351. The van der Waals surface area contributed by atoms with Crippen LogP contribution in [0.1, 0.15) is 0 Å². The summed E-state index contributed by atoms with van der Waals surface area (Å²) in [6, 6.07) is 0. The highest BCUT2D eigenvalue weighted by Crippen LogP contribution is 1.76. The lowest BCUT2D eigenvalue weighted by atomic mass is 10.4. The Morgan fingerprint density at radius 1 is 1.00 bits per heavy atom. The van der Waals surface area contributed by atoms with Gasteiger partial charge in [0.15, 0.2) is 8.51 Å². The monoisotopic (exact) mass is 219 g/mol. The van der Waals surface area contributed by atoms with Gasteiger partial charge in [-0.3, -0.25) is 0 Å². The molecule has 0 fully saturated rings. The first-order valence-electron chi connectivity index (χ1n) is 2.56. The van der Waals surface area contributed by atoms with Crippen LogP contribution in [-0.2, 0) is 0 Å². The van der Waals surface area contributed by atoms with Gasteiger partial charge in [-0.1, -0.05) is 18.2 Å². The lowest BCUT2D eigenvalue weighted by Gasteiger charge is -1.74. The molecule has 0 atom stereocenters. The second kappa shape index (κ2) is 3.89. The van der Waals surface area contributed by atoms with E-state index in [1.807, 2.05) is 0 Å². The van der Waals surface area contributed by atoms with E-state index >= 15 is 0 Å². The van der Waals surface area contributed by atoms with Crippen LogP contribution in [0.5, 0.6) is 0 Å². The normalized spacial score (nSPS) is 30.0. The molecule has 42 valence electrons. The van der Waals surface area contributed by atoms with Crippen LogP contribution in [0.3, 0.4) is 0 Å². The molecule has 0 aromatic heterocycles. The fourth-order valence-corrected chi connectivity index (χ4v) is 1.87. The molecular formula is C7H8I+. The van der Waals surface area contributed by atoms with E-state index in [1.54, 1.807) is 0 Å². The van der Waals surface area contributed by atoms with Crippen molar-refractivity contribution in [3.8, 4) is 0 Å². The highest BCUT2D eigenvalue weighted by atomic mass is 127. The lowest BCUT2D eigenvalue weighted by molar-refractivity contribution is -0.577. The van der Waals surface area contributed by atoms with Gasteiger partial charge in [0.25, 0.3) is 0 Å². The van der Waals surface area contributed by atoms with Gasteiger partial charge in [0.1, 0.15) is 0 Å². The molecule has 0 nitrogen and oxygen atoms in total. The third kappa shape index (κ3) is 2.31. The van der Waals surface area contributed by atoms with Gasteiger partial charge < -0.3 is 0 Å². The molecule has 1 aliphatic rings. The summed E-state index contributed by atoms with van der Waals surface area (Å²) in [5, 5.41) is 0. The van der Waals surface area contributed by atoms with Crippen LogP contribution in [-0.4, -0.2) is 4.43 Å². The van der Waals surface area contributed by atoms with Gasteiger partial charge in [0.05, 0.1) is 0 Å². The molecule has 8 heavy (non-hydrogen) atoms. The van der Waals surface area contributed by atoms with E-state index < -0.39 is 0 Å². The minimum Gasteiger partial charge on any atom is -0.0623 e. The zero-order valence-electron chi connectivity index (χ0n) is 4.55. The Balaban J connectivity index is 2.51. The number of alkyl halides is 1. The highest BCUT2D eigenvalue weighted by molar-refractivity contribution is 5.10. The molecule has 0 aromatic carbocycles. The first kappa shape index (κ1) is 6.08. The molecule has 1 aliphatic heterocycles. The Labute approximate surface area is 60.2 Å². The lowest BCUT2D eigenvalue weighted by Crippen LogP contribution is -3.59. The summed E-state index contributed by atoms with van der Waals surface area (Å²) in [6.45, 7) is 0. The largest absolute Gasteiger partial charge is 0.309 e. The fraction of sp³-hybridized carbons (Fsp3) is 0.143. The van der Waals surface area contributed by atoms with Gasteiger partial charge in [-0.2, -0.15) is 0 Å². The van der Waals surface area contributed by atoms with Crippen LogP contribution >= 0.6 is 0 Å². The Kier molecular flexibility index (Phi) is 2.96. The van der Waals surface area contributed by atoms with Crippen LogP contribution in [0.2, 0.25) is 0 Å². The van der Waals surface area contributed by atoms with Gasteiger partial charge in [-0.05, 0) is 12.2 Å². The molecule has 0 bridgehead atoms. The standard InChI is InChI=1S/C7H8I/c1-2-4-6-8-7-5-3-1/h1-6H,7H2/q+1/b2-1-,5-3-,6-4-. The summed E-state index contributed by atoms with van der Waals surface area (Å²) < 4.78 is 3.58. The fourth-order valence-electron chi connectivity index (χ4n) is 0.455. The van der Waals surface area contributed by atoms with Gasteiger partial charge in [-0.25, -0.2) is 0 Å². The van der Waals surface area contributed by atoms with Crippen molar-refractivity contribution in [3.63, 3.8) is 0 Å². The van der Waals surface area contributed by atoms with Crippen LogP contribution in [0.25, 0.3) is 0 Å². The van der Waals surface area contributed by atoms with Crippen molar-refractivity contribution in [3.05, 3.63) is 34.5 Å². The van der Waals surface area contributed by atoms with E-state index in [2.05, 4.69) is 34.5 Å². The molecule has 0 spiro atoms. The topological polar surface area (TPSA) is 0 Å². The average Bonchev–Trinajstić information content (AvgIpc) is 1.62. The molecule has 0 amide bonds. The molecular weight excluding hydrogens is 211 g/mol. The molecule has 0 N–H and O–H groups in total. The molecule has 0 radical (unpaired) electrons. The summed E-state index contributed by atoms with van der Waals surface area (Å²) in [4.78, 5) is 0. The van der Waals surface area contributed by atoms with Crippen LogP contribution in [0, 0.1) is 0 Å². The van der Waals surface area contributed by atoms with Gasteiger partial charge >= 0.3 is 21.2 Å². The number of allylic oxidation sites excluding steroid dienone is 5. The van der Waals surface area contributed by atoms with Crippen LogP contribution in [0.15, 0.2) is 34.5 Å². The smallest absolute Gasteiger partial charge is 0.0623 e. The second-order valence-electron chi connectivity index (χ2n) is 1.44. The Bertz CT molecular complexity index is 115. The van der Waals surface area contributed by atoms with Crippen molar-refractivity contribution in [1.29, 1.82) is 0 Å². The summed E-state index contributed by atoms with van der Waals surface area (Å²) in [6.07, 6.45) is 10.6. The number of hydrogen-bond acceptors (Lipinski definition) is 0. The van der Waals surface area contributed by atoms with Crippen LogP contribution in [0.4, 0.5) is 0 Å². The molecule has 1 heteroatoms. The molecule has 1 heterocycles. The Hall–Kier alpha value is -0.0500. The summed E-state index contributed by atoms with van der Waals surface area (Å²) in [5.41, 5.74) is 0. The summed E-state index contributed by atoms with van der Waals surface area (Å²) >= 11 is 0.351. The van der Waals surface area contributed by atoms with Crippen LogP contribution < -0.4 is 21.2 Å². The van der Waals surface area contributed by atoms with E-state index in [4.69, 9.17) is 0 Å². The quantitative estimate of drug-likeness (QED) is 0.351. The molecule has 0 aliphatic carbocycles. The van der Waals surface area contributed by atoms with Gasteiger partial charge in [0, 0.05) is 0 Å². The van der Waals surface area contributed by atoms with Crippen molar-refractivity contribution in [1.82, 2.24) is 0 Å². The number of halogens is 1. The van der Waals surface area contributed by atoms with E-state index in [-0.39, 0.29) is 0 Å². The summed E-state index contributed by atoms with van der Waals surface area (Å²) in [7, 11) is 0. The minimum absolute atomic E-state index is 0.351. The first-order valence-corrected chi connectivity index (χ1v) is 5.33. The third-order valence-electron chi connectivity index (χ3n) is 0.809. The van der Waals surface area contributed by atoms with Crippen molar-refractivity contribution in [2.24, 2.45) is 0 Å². The number of hydrogen-bond donors (Lipinski definition) is 0. The maximum atomic E-state index is 2.29. The second-order valence-corrected chi connectivity index (χ2v) is 3.92. The molecule has 0 aromatic rings. The van der Waals surface area contributed by atoms with E-state index in [0.29, 0.717) is 21.2 Å². The molecule has 0 saturated heterocycles. The number of rotatable bonds is 0. The third-order valence-corrected chi connectivity index (χ3v) is 2.75. The maximum absolute atomic E-state index is 2.29. The van der Waals surface area contributed by atoms with Crippen molar-refractivity contribution >= 4 is 0 Å². The predicted molar refractivity (Wildman–Crippen MR) is 32.3 cm³/mol. The SMILES string of the molecule is C1=C\C=C/[I+]C\C=C/1. The Morgan fingerprint density at radius 2 is 1.88 bits per heavy atom. The van der Waals surface area contributed by atoms with E-state index in [9.17, 15) is 0 Å².